The molecule has 1 saturated heterocycles. The van der Waals surface area contributed by atoms with Crippen molar-refractivity contribution in [2.24, 2.45) is 0 Å². The van der Waals surface area contributed by atoms with Crippen LogP contribution in [-0.2, 0) is 31.3 Å². The van der Waals surface area contributed by atoms with Crippen molar-refractivity contribution in [1.82, 2.24) is 0 Å². The maximum Gasteiger partial charge on any atom is 2.00 e. The Hall–Kier alpha value is -0.901. The summed E-state index contributed by atoms with van der Waals surface area (Å²) in [6.45, 7) is 1.38. The predicted octanol–water partition coefficient (Wildman–Crippen LogP) is 3.26. The van der Waals surface area contributed by atoms with E-state index in [1.807, 2.05) is 54.6 Å². The van der Waals surface area contributed by atoms with Gasteiger partial charge in [-0.05, 0) is 6.42 Å². The monoisotopic (exact) mass is 316 g/mol. The molecular weight excluding hydrogens is 296 g/mol. The first-order chi connectivity index (χ1) is 9.40. The van der Waals surface area contributed by atoms with Gasteiger partial charge in [0.25, 0.3) is 0 Å². The topological polar surface area (TPSA) is 27.7 Å². The molecule has 0 saturated carbocycles. The van der Waals surface area contributed by atoms with E-state index in [4.69, 9.17) is 14.2 Å². The van der Waals surface area contributed by atoms with Gasteiger partial charge in [0.1, 0.15) is 0 Å². The van der Waals surface area contributed by atoms with E-state index in [0.29, 0.717) is 6.61 Å². The fourth-order valence-electron chi connectivity index (χ4n) is 1.94. The molecule has 0 bridgehead atoms. The van der Waals surface area contributed by atoms with Gasteiger partial charge in [-0.1, -0.05) is 0 Å². The number of methoxy groups -OCH3 is 1. The van der Waals surface area contributed by atoms with Gasteiger partial charge in [-0.3, -0.25) is 0 Å². The molecular formula is C16H20FeO3. The smallest absolute Gasteiger partial charge is 0.382 e. The van der Waals surface area contributed by atoms with Crippen LogP contribution in [0, 0.1) is 0 Å². The second kappa shape index (κ2) is 9.92. The fraction of sp³-hybridized carbons (Fsp3) is 0.375. The third-order valence-electron chi connectivity index (χ3n) is 2.89. The first-order valence-corrected chi connectivity index (χ1v) is 6.54. The summed E-state index contributed by atoms with van der Waals surface area (Å²) < 4.78 is 16.3. The van der Waals surface area contributed by atoms with Gasteiger partial charge in [-0.2, -0.15) is 30.3 Å². The van der Waals surface area contributed by atoms with Gasteiger partial charge >= 0.3 is 17.1 Å². The third-order valence-corrected chi connectivity index (χ3v) is 2.89. The Morgan fingerprint density at radius 3 is 2.60 bits per heavy atom. The van der Waals surface area contributed by atoms with Crippen molar-refractivity contribution < 1.29 is 31.3 Å². The number of hydrogen-bond acceptors (Lipinski definition) is 3. The minimum absolute atomic E-state index is 0. The largest absolute Gasteiger partial charge is 2.00 e. The van der Waals surface area contributed by atoms with E-state index in [0.717, 1.165) is 18.6 Å². The Bertz CT molecular complexity index is 392. The maximum atomic E-state index is 5.72. The van der Waals surface area contributed by atoms with Gasteiger partial charge in [0.2, 0.25) is 0 Å². The second-order valence-corrected chi connectivity index (χ2v) is 4.39. The van der Waals surface area contributed by atoms with E-state index in [-0.39, 0.29) is 29.5 Å². The number of ether oxygens (including phenoxy) is 3. The molecule has 4 heteroatoms. The molecule has 1 fully saturated rings. The zero-order valence-electron chi connectivity index (χ0n) is 11.6. The summed E-state index contributed by atoms with van der Waals surface area (Å²) in [5.74, 6) is 0. The summed E-state index contributed by atoms with van der Waals surface area (Å²) in [6, 6.07) is 18.0. The Balaban J connectivity index is 0.000000283. The van der Waals surface area contributed by atoms with Crippen molar-refractivity contribution in [3.05, 3.63) is 60.2 Å². The molecule has 3 nitrogen and oxygen atoms in total. The molecule has 110 valence electrons. The van der Waals surface area contributed by atoms with Crippen molar-refractivity contribution in [3.63, 3.8) is 0 Å². The van der Waals surface area contributed by atoms with Crippen LogP contribution in [0.3, 0.4) is 0 Å². The zero-order chi connectivity index (χ0) is 13.3. The maximum absolute atomic E-state index is 5.72. The van der Waals surface area contributed by atoms with Gasteiger partial charge in [-0.25, -0.2) is 24.3 Å². The predicted molar refractivity (Wildman–Crippen MR) is 74.1 cm³/mol. The first kappa shape index (κ1) is 17.2. The third kappa shape index (κ3) is 5.61. The van der Waals surface area contributed by atoms with Gasteiger partial charge < -0.3 is 14.2 Å². The molecule has 0 N–H and O–H groups in total. The average molecular weight is 316 g/mol. The van der Waals surface area contributed by atoms with Crippen LogP contribution in [0.2, 0.25) is 0 Å². The van der Waals surface area contributed by atoms with Crippen molar-refractivity contribution in [1.29, 1.82) is 0 Å². The molecule has 2 aromatic rings. The van der Waals surface area contributed by atoms with Crippen LogP contribution in [0.25, 0.3) is 0 Å². The molecule has 20 heavy (non-hydrogen) atoms. The van der Waals surface area contributed by atoms with Crippen LogP contribution in [0.4, 0.5) is 0 Å². The molecule has 2 aromatic carbocycles. The SMILES string of the molecule is COC[C@@H]1CCO[C@H](c2ccc[cH-]2)O1.[Fe+2].c1cc[cH-]c1. The van der Waals surface area contributed by atoms with Crippen LogP contribution in [0.5, 0.6) is 0 Å². The molecule has 0 amide bonds. The summed E-state index contributed by atoms with van der Waals surface area (Å²) in [5, 5.41) is 0. The Labute approximate surface area is 131 Å². The van der Waals surface area contributed by atoms with E-state index in [2.05, 4.69) is 0 Å². The van der Waals surface area contributed by atoms with Gasteiger partial charge in [-0.15, -0.1) is 5.56 Å². The van der Waals surface area contributed by atoms with Gasteiger partial charge in [0, 0.05) is 7.11 Å². The van der Waals surface area contributed by atoms with Crippen LogP contribution in [0.15, 0.2) is 54.6 Å². The van der Waals surface area contributed by atoms with Crippen molar-refractivity contribution in [3.8, 4) is 0 Å². The molecule has 0 radical (unpaired) electrons. The van der Waals surface area contributed by atoms with Crippen molar-refractivity contribution in [2.75, 3.05) is 20.3 Å². The molecule has 1 heterocycles. The van der Waals surface area contributed by atoms with Crippen molar-refractivity contribution in [2.45, 2.75) is 18.8 Å². The van der Waals surface area contributed by atoms with E-state index in [1.165, 1.54) is 0 Å². The van der Waals surface area contributed by atoms with E-state index < -0.39 is 0 Å². The van der Waals surface area contributed by atoms with Gasteiger partial charge in [0.15, 0.2) is 6.29 Å². The summed E-state index contributed by atoms with van der Waals surface area (Å²) in [5.41, 5.74) is 1.09. The first-order valence-electron chi connectivity index (χ1n) is 6.54. The molecule has 2 atom stereocenters. The Kier molecular flexibility index (Phi) is 8.51. The minimum Gasteiger partial charge on any atom is -0.382 e. The van der Waals surface area contributed by atoms with E-state index in [9.17, 15) is 0 Å². The van der Waals surface area contributed by atoms with E-state index >= 15 is 0 Å². The average Bonchev–Trinajstić information content (AvgIpc) is 3.16. The molecule has 0 spiro atoms. The van der Waals surface area contributed by atoms with Crippen LogP contribution in [-0.4, -0.2) is 26.4 Å². The summed E-state index contributed by atoms with van der Waals surface area (Å²) in [6.07, 6.45) is 0.859. The van der Waals surface area contributed by atoms with E-state index in [1.54, 1.807) is 7.11 Å². The molecule has 0 aromatic heterocycles. The summed E-state index contributed by atoms with van der Waals surface area (Å²) in [7, 11) is 1.69. The number of hydrogen-bond donors (Lipinski definition) is 0. The molecule has 1 aliphatic heterocycles. The zero-order valence-corrected chi connectivity index (χ0v) is 12.7. The normalized spacial score (nSPS) is 21.4. The molecule has 0 aliphatic carbocycles. The molecule has 3 rings (SSSR count). The van der Waals surface area contributed by atoms with Crippen LogP contribution >= 0.6 is 0 Å². The summed E-state index contributed by atoms with van der Waals surface area (Å²) in [4.78, 5) is 0. The van der Waals surface area contributed by atoms with Gasteiger partial charge in [0.05, 0.1) is 19.3 Å². The van der Waals surface area contributed by atoms with Crippen molar-refractivity contribution >= 4 is 0 Å². The molecule has 1 aliphatic rings. The molecule has 0 unspecified atom stereocenters. The second-order valence-electron chi connectivity index (χ2n) is 4.39. The number of rotatable bonds is 3. The standard InChI is InChI=1S/C11H15O3.C5H5.Fe/c1-12-8-10-6-7-13-11(14-10)9-4-2-3-5-9;1-2-4-5-3-1;/h2-5,10-11H,6-8H2,1H3;1-5H;/q2*-1;+2/t10-,11-;;/m0../s1. The fourth-order valence-corrected chi connectivity index (χ4v) is 1.94. The van der Waals surface area contributed by atoms with Crippen LogP contribution in [0.1, 0.15) is 18.3 Å². The Morgan fingerprint density at radius 1 is 1.25 bits per heavy atom. The Morgan fingerprint density at radius 2 is 2.05 bits per heavy atom. The van der Waals surface area contributed by atoms with Crippen LogP contribution < -0.4 is 0 Å². The summed E-state index contributed by atoms with van der Waals surface area (Å²) >= 11 is 0. The minimum atomic E-state index is -0.209. The quantitative estimate of drug-likeness (QED) is 0.642.